The molecule has 1 aromatic rings. The van der Waals surface area contributed by atoms with E-state index in [1.54, 1.807) is 6.07 Å². The van der Waals surface area contributed by atoms with Crippen molar-refractivity contribution in [3.05, 3.63) is 28.2 Å². The maximum absolute atomic E-state index is 12.3. The summed E-state index contributed by atoms with van der Waals surface area (Å²) in [4.78, 5) is 3.56. The number of nitrogens with zero attached hydrogens (tertiary/aromatic N) is 1. The highest BCUT2D eigenvalue weighted by atomic mass is 79.9. The number of aromatic nitrogens is 1. The fraction of sp³-hybridized carbons (Fsp3) is 0.167. The molecule has 1 rings (SSSR count). The van der Waals surface area contributed by atoms with Crippen molar-refractivity contribution in [2.45, 2.75) is 5.33 Å². The van der Waals surface area contributed by atoms with Gasteiger partial charge in [-0.3, -0.25) is 0 Å². The first-order chi connectivity index (χ1) is 4.74. The van der Waals surface area contributed by atoms with E-state index in [4.69, 9.17) is 0 Å². The monoisotopic (exact) mass is 267 g/mol. The topological polar surface area (TPSA) is 12.9 Å². The van der Waals surface area contributed by atoms with Gasteiger partial charge in [0.25, 0.3) is 0 Å². The molecule has 1 aromatic heterocycles. The van der Waals surface area contributed by atoms with Gasteiger partial charge in [0, 0.05) is 5.33 Å². The van der Waals surface area contributed by atoms with Crippen molar-refractivity contribution in [1.82, 2.24) is 4.98 Å². The predicted octanol–water partition coefficient (Wildman–Crippen LogP) is 2.88. The van der Waals surface area contributed by atoms with E-state index in [0.717, 1.165) is 5.56 Å². The minimum Gasteiger partial charge on any atom is -0.212 e. The van der Waals surface area contributed by atoms with Crippen LogP contribution in [0.4, 0.5) is 4.39 Å². The van der Waals surface area contributed by atoms with Crippen LogP contribution < -0.4 is 0 Å². The molecule has 10 heavy (non-hydrogen) atoms. The van der Waals surface area contributed by atoms with Crippen molar-refractivity contribution in [3.63, 3.8) is 0 Å². The molecular weight excluding hydrogens is 265 g/mol. The average molecular weight is 269 g/mol. The fourth-order valence-corrected chi connectivity index (χ4v) is 1.81. The Hall–Kier alpha value is 0.0400. The summed E-state index contributed by atoms with van der Waals surface area (Å²) in [5.41, 5.74) is 0.946. The standard InChI is InChI=1S/C6H4Br2FN/c7-3-4-1-2-5(9)10-6(4)8/h1-2H,3H2. The van der Waals surface area contributed by atoms with Crippen LogP contribution in [0, 0.1) is 5.95 Å². The quantitative estimate of drug-likeness (QED) is 0.564. The molecule has 0 radical (unpaired) electrons. The van der Waals surface area contributed by atoms with E-state index < -0.39 is 5.95 Å². The molecule has 0 amide bonds. The second kappa shape index (κ2) is 3.44. The van der Waals surface area contributed by atoms with E-state index in [0.29, 0.717) is 9.93 Å². The summed E-state index contributed by atoms with van der Waals surface area (Å²) in [5, 5.41) is 0.681. The first-order valence-electron chi connectivity index (χ1n) is 2.61. The Balaban J connectivity index is 3.07. The molecule has 54 valence electrons. The molecule has 0 saturated heterocycles. The van der Waals surface area contributed by atoms with E-state index in [9.17, 15) is 4.39 Å². The van der Waals surface area contributed by atoms with Crippen LogP contribution in [0.3, 0.4) is 0 Å². The van der Waals surface area contributed by atoms with Crippen molar-refractivity contribution in [2.24, 2.45) is 0 Å². The number of hydrogen-bond acceptors (Lipinski definition) is 1. The smallest absolute Gasteiger partial charge is 0.212 e. The van der Waals surface area contributed by atoms with Crippen LogP contribution in [-0.4, -0.2) is 4.98 Å². The van der Waals surface area contributed by atoms with Gasteiger partial charge in [-0.15, -0.1) is 0 Å². The molecule has 1 nitrogen and oxygen atoms in total. The van der Waals surface area contributed by atoms with Gasteiger partial charge in [0.05, 0.1) is 0 Å². The average Bonchev–Trinajstić information content (AvgIpc) is 1.88. The Labute approximate surface area is 74.9 Å². The highest BCUT2D eigenvalue weighted by Crippen LogP contribution is 2.16. The van der Waals surface area contributed by atoms with Crippen LogP contribution in [0.5, 0.6) is 0 Å². The Morgan fingerprint density at radius 3 is 2.70 bits per heavy atom. The minimum absolute atomic E-state index is 0.462. The lowest BCUT2D eigenvalue weighted by Crippen LogP contribution is -1.87. The molecule has 0 N–H and O–H groups in total. The number of pyridine rings is 1. The van der Waals surface area contributed by atoms with Crippen LogP contribution in [0.25, 0.3) is 0 Å². The van der Waals surface area contributed by atoms with Gasteiger partial charge in [-0.1, -0.05) is 22.0 Å². The largest absolute Gasteiger partial charge is 0.213 e. The fourth-order valence-electron chi connectivity index (χ4n) is 0.541. The van der Waals surface area contributed by atoms with Crippen molar-refractivity contribution >= 4 is 31.9 Å². The molecule has 1 heterocycles. The zero-order valence-corrected chi connectivity index (χ0v) is 8.11. The molecule has 0 aliphatic rings. The Morgan fingerprint density at radius 2 is 2.20 bits per heavy atom. The summed E-state index contributed by atoms with van der Waals surface area (Å²) in [6, 6.07) is 3.02. The van der Waals surface area contributed by atoms with Gasteiger partial charge in [-0.2, -0.15) is 4.39 Å². The first-order valence-corrected chi connectivity index (χ1v) is 4.52. The molecule has 0 fully saturated rings. The summed E-state index contributed by atoms with van der Waals surface area (Å²) in [6.45, 7) is 0. The van der Waals surface area contributed by atoms with Crippen LogP contribution in [0.1, 0.15) is 5.56 Å². The van der Waals surface area contributed by atoms with Crippen LogP contribution in [0.15, 0.2) is 16.7 Å². The minimum atomic E-state index is -0.462. The van der Waals surface area contributed by atoms with Crippen molar-refractivity contribution in [3.8, 4) is 0 Å². The Kier molecular flexibility index (Phi) is 2.80. The molecule has 4 heteroatoms. The third kappa shape index (κ3) is 1.76. The normalized spacial score (nSPS) is 9.90. The summed E-state index contributed by atoms with van der Waals surface area (Å²) >= 11 is 6.37. The maximum atomic E-state index is 12.3. The number of halogens is 3. The summed E-state index contributed by atoms with van der Waals surface area (Å²) in [5.74, 6) is -0.462. The second-order valence-electron chi connectivity index (χ2n) is 1.72. The summed E-state index contributed by atoms with van der Waals surface area (Å²) in [6.07, 6.45) is 0. The lowest BCUT2D eigenvalue weighted by Gasteiger charge is -1.96. The Bertz CT molecular complexity index is 239. The van der Waals surface area contributed by atoms with Gasteiger partial charge in [-0.05, 0) is 27.6 Å². The van der Waals surface area contributed by atoms with Crippen molar-refractivity contribution < 1.29 is 4.39 Å². The molecule has 0 aliphatic heterocycles. The SMILES string of the molecule is Fc1ccc(CBr)c(Br)n1. The third-order valence-corrected chi connectivity index (χ3v) is 2.33. The lowest BCUT2D eigenvalue weighted by molar-refractivity contribution is 0.580. The van der Waals surface area contributed by atoms with Gasteiger partial charge in [0.15, 0.2) is 0 Å². The van der Waals surface area contributed by atoms with Gasteiger partial charge in [0.2, 0.25) is 5.95 Å². The third-order valence-electron chi connectivity index (χ3n) is 1.04. The van der Waals surface area contributed by atoms with Crippen molar-refractivity contribution in [2.75, 3.05) is 0 Å². The van der Waals surface area contributed by atoms with Crippen molar-refractivity contribution in [1.29, 1.82) is 0 Å². The molecule has 0 bridgehead atoms. The van der Waals surface area contributed by atoms with E-state index in [2.05, 4.69) is 36.8 Å². The molecule has 0 spiro atoms. The first kappa shape index (κ1) is 8.14. The second-order valence-corrected chi connectivity index (χ2v) is 3.03. The van der Waals surface area contributed by atoms with E-state index >= 15 is 0 Å². The van der Waals surface area contributed by atoms with Gasteiger partial charge >= 0.3 is 0 Å². The highest BCUT2D eigenvalue weighted by molar-refractivity contribution is 9.10. The van der Waals surface area contributed by atoms with Gasteiger partial charge < -0.3 is 0 Å². The van der Waals surface area contributed by atoms with E-state index in [1.165, 1.54) is 6.07 Å². The lowest BCUT2D eigenvalue weighted by atomic mass is 10.3. The van der Waals surface area contributed by atoms with Crippen LogP contribution in [0.2, 0.25) is 0 Å². The maximum Gasteiger partial charge on any atom is 0.213 e. The van der Waals surface area contributed by atoms with Crippen LogP contribution in [-0.2, 0) is 5.33 Å². The summed E-state index contributed by atoms with van der Waals surface area (Å²) in [7, 11) is 0. The number of hydrogen-bond donors (Lipinski definition) is 0. The van der Waals surface area contributed by atoms with Crippen LogP contribution >= 0.6 is 31.9 Å². The van der Waals surface area contributed by atoms with E-state index in [-0.39, 0.29) is 0 Å². The van der Waals surface area contributed by atoms with Gasteiger partial charge in [0.1, 0.15) is 4.60 Å². The zero-order valence-electron chi connectivity index (χ0n) is 4.94. The number of rotatable bonds is 1. The molecule has 0 aromatic carbocycles. The predicted molar refractivity (Wildman–Crippen MR) is 44.5 cm³/mol. The molecular formula is C6H4Br2FN. The molecule has 0 atom stereocenters. The molecule has 0 saturated carbocycles. The molecule has 0 unspecified atom stereocenters. The Morgan fingerprint density at radius 1 is 1.50 bits per heavy atom. The van der Waals surface area contributed by atoms with E-state index in [1.807, 2.05) is 0 Å². The highest BCUT2D eigenvalue weighted by Gasteiger charge is 1.99. The number of alkyl halides is 1. The van der Waals surface area contributed by atoms with Gasteiger partial charge in [-0.25, -0.2) is 4.98 Å². The zero-order chi connectivity index (χ0) is 7.56. The molecule has 0 aliphatic carbocycles. The summed E-state index contributed by atoms with van der Waals surface area (Å²) < 4.78 is 12.9.